The van der Waals surface area contributed by atoms with Crippen LogP contribution >= 0.6 is 0 Å². The van der Waals surface area contributed by atoms with Crippen molar-refractivity contribution < 1.29 is 31.1 Å². The first-order valence-electron chi connectivity index (χ1n) is 10.4. The number of rotatable bonds is 9. The summed E-state index contributed by atoms with van der Waals surface area (Å²) < 4.78 is 72.7. The molecule has 3 aromatic carbocycles. The topological polar surface area (TPSA) is 88.1 Å². The number of nitrogens with one attached hydrogen (secondary N) is 1. The molecule has 0 aliphatic heterocycles. The number of hydrazone groups is 1. The van der Waals surface area contributed by atoms with Crippen molar-refractivity contribution in [3.05, 3.63) is 90.0 Å². The molecule has 0 heterocycles. The van der Waals surface area contributed by atoms with Crippen molar-refractivity contribution in [2.75, 3.05) is 17.5 Å². The van der Waals surface area contributed by atoms with Gasteiger partial charge in [-0.2, -0.15) is 18.3 Å². The molecule has 0 saturated heterocycles. The van der Waals surface area contributed by atoms with Crippen LogP contribution in [0.1, 0.15) is 18.1 Å². The van der Waals surface area contributed by atoms with E-state index in [9.17, 15) is 26.4 Å². The highest BCUT2D eigenvalue weighted by atomic mass is 32.2. The maximum absolute atomic E-state index is 13.4. The van der Waals surface area contributed by atoms with Crippen LogP contribution in [0.3, 0.4) is 0 Å². The van der Waals surface area contributed by atoms with E-state index < -0.39 is 34.2 Å². The third kappa shape index (κ3) is 6.38. The molecule has 184 valence electrons. The molecule has 0 fully saturated rings. The Hall–Kier alpha value is -3.86. The van der Waals surface area contributed by atoms with E-state index in [0.717, 1.165) is 16.6 Å². The number of anilines is 1. The zero-order chi connectivity index (χ0) is 25.5. The molecule has 0 aromatic heterocycles. The van der Waals surface area contributed by atoms with E-state index >= 15 is 0 Å². The smallest absolute Gasteiger partial charge is 0.417 e. The lowest BCUT2D eigenvalue weighted by Crippen LogP contribution is -2.39. The van der Waals surface area contributed by atoms with Crippen LogP contribution in [0.2, 0.25) is 0 Å². The number of alkyl halides is 3. The molecule has 11 heteroatoms. The van der Waals surface area contributed by atoms with Crippen LogP contribution in [0, 0.1) is 0 Å². The summed E-state index contributed by atoms with van der Waals surface area (Å²) in [6, 6.07) is 18.5. The van der Waals surface area contributed by atoms with Crippen molar-refractivity contribution in [1.82, 2.24) is 5.43 Å². The van der Waals surface area contributed by atoms with Gasteiger partial charge in [-0.3, -0.25) is 9.10 Å². The highest BCUT2D eigenvalue weighted by Crippen LogP contribution is 2.33. The number of carbonyl (C=O) groups is 1. The molecule has 0 bridgehead atoms. The number of ether oxygens (including phenoxy) is 1. The Bertz CT molecular complexity index is 1300. The highest BCUT2D eigenvalue weighted by molar-refractivity contribution is 7.92. The number of carbonyl (C=O) groups excluding carboxylic acids is 1. The zero-order valence-electron chi connectivity index (χ0n) is 18.6. The Kier molecular flexibility index (Phi) is 8.13. The molecule has 0 aliphatic carbocycles. The van der Waals surface area contributed by atoms with Crippen LogP contribution in [-0.4, -0.2) is 33.7 Å². The molecule has 1 N–H and O–H groups in total. The van der Waals surface area contributed by atoms with Gasteiger partial charge in [0.05, 0.1) is 29.0 Å². The van der Waals surface area contributed by atoms with Crippen LogP contribution in [0.25, 0.3) is 0 Å². The Morgan fingerprint density at radius 3 is 2.31 bits per heavy atom. The summed E-state index contributed by atoms with van der Waals surface area (Å²) in [5.41, 5.74) is 1.05. The molecule has 0 aliphatic rings. The van der Waals surface area contributed by atoms with Gasteiger partial charge in [0.25, 0.3) is 15.9 Å². The lowest BCUT2D eigenvalue weighted by atomic mass is 10.1. The number of sulfonamides is 1. The second-order valence-electron chi connectivity index (χ2n) is 7.10. The minimum atomic E-state index is -4.60. The maximum atomic E-state index is 13.4. The van der Waals surface area contributed by atoms with E-state index in [-0.39, 0.29) is 28.5 Å². The minimum absolute atomic E-state index is 0.0540. The van der Waals surface area contributed by atoms with E-state index in [1.807, 2.05) is 0 Å². The quantitative estimate of drug-likeness (QED) is 0.344. The number of benzene rings is 3. The number of halogens is 3. The van der Waals surface area contributed by atoms with Crippen molar-refractivity contribution >= 4 is 27.8 Å². The molecule has 7 nitrogen and oxygen atoms in total. The van der Waals surface area contributed by atoms with Crippen molar-refractivity contribution in [3.8, 4) is 5.75 Å². The third-order valence-corrected chi connectivity index (χ3v) is 6.49. The van der Waals surface area contributed by atoms with E-state index in [1.54, 1.807) is 43.3 Å². The summed E-state index contributed by atoms with van der Waals surface area (Å²) in [4.78, 5) is 12.6. The molecule has 0 unspecified atom stereocenters. The molecule has 1 amide bonds. The second kappa shape index (κ2) is 11.0. The molecule has 0 radical (unpaired) electrons. The van der Waals surface area contributed by atoms with Gasteiger partial charge in [-0.15, -0.1) is 0 Å². The van der Waals surface area contributed by atoms with Crippen LogP contribution in [0.15, 0.2) is 88.9 Å². The van der Waals surface area contributed by atoms with Crippen molar-refractivity contribution in [2.24, 2.45) is 5.10 Å². The fourth-order valence-corrected chi connectivity index (χ4v) is 4.62. The summed E-state index contributed by atoms with van der Waals surface area (Å²) in [7, 11) is -4.20. The Morgan fingerprint density at radius 1 is 1.00 bits per heavy atom. The first kappa shape index (κ1) is 25.8. The van der Waals surface area contributed by atoms with Gasteiger partial charge in [0.2, 0.25) is 0 Å². The fraction of sp³-hybridized carbons (Fsp3) is 0.167. The van der Waals surface area contributed by atoms with Crippen LogP contribution in [-0.2, 0) is 21.0 Å². The SMILES string of the molecule is CCOc1ccccc1N(CC(=O)N/N=C/c1ccccc1C(F)(F)F)S(=O)(=O)c1ccccc1. The molecular formula is C24H22F3N3O4S. The predicted octanol–water partition coefficient (Wildman–Crippen LogP) is 4.45. The summed E-state index contributed by atoms with van der Waals surface area (Å²) in [6.07, 6.45) is -3.75. The largest absolute Gasteiger partial charge is 0.492 e. The molecule has 3 aromatic rings. The number of hydrogen-bond acceptors (Lipinski definition) is 5. The van der Waals surface area contributed by atoms with Crippen LogP contribution in [0.5, 0.6) is 5.75 Å². The van der Waals surface area contributed by atoms with Gasteiger partial charge < -0.3 is 4.74 Å². The first-order valence-corrected chi connectivity index (χ1v) is 11.9. The zero-order valence-corrected chi connectivity index (χ0v) is 19.4. The Balaban J connectivity index is 1.89. The summed E-state index contributed by atoms with van der Waals surface area (Å²) in [5, 5.41) is 3.60. The summed E-state index contributed by atoms with van der Waals surface area (Å²) in [6.45, 7) is 1.29. The number of para-hydroxylation sites is 2. The van der Waals surface area contributed by atoms with Gasteiger partial charge in [0.1, 0.15) is 12.3 Å². The maximum Gasteiger partial charge on any atom is 0.417 e. The van der Waals surface area contributed by atoms with E-state index in [2.05, 4.69) is 10.5 Å². The lowest BCUT2D eigenvalue weighted by molar-refractivity contribution is -0.137. The van der Waals surface area contributed by atoms with Crippen molar-refractivity contribution in [3.63, 3.8) is 0 Å². The molecule has 35 heavy (non-hydrogen) atoms. The van der Waals surface area contributed by atoms with Gasteiger partial charge in [-0.1, -0.05) is 48.5 Å². The molecule has 0 saturated carbocycles. The predicted molar refractivity (Wildman–Crippen MR) is 126 cm³/mol. The fourth-order valence-electron chi connectivity index (χ4n) is 3.17. The molecule has 3 rings (SSSR count). The Labute approximate surface area is 200 Å². The van der Waals surface area contributed by atoms with Gasteiger partial charge in [-0.25, -0.2) is 13.8 Å². The standard InChI is InChI=1S/C24H22F3N3O4S/c1-2-34-22-15-9-8-14-21(22)30(35(32,33)19-11-4-3-5-12-19)17-23(31)29-28-16-18-10-6-7-13-20(18)24(25,26)27/h3-16H,2,17H2,1H3,(H,29,31)/b28-16+. The first-order chi connectivity index (χ1) is 16.6. The molecule has 0 atom stereocenters. The van der Waals surface area contributed by atoms with E-state index in [4.69, 9.17) is 4.74 Å². The third-order valence-electron chi connectivity index (χ3n) is 4.71. The average Bonchev–Trinajstić information content (AvgIpc) is 2.83. The van der Waals surface area contributed by atoms with Crippen LogP contribution < -0.4 is 14.5 Å². The van der Waals surface area contributed by atoms with E-state index in [1.165, 1.54) is 36.4 Å². The van der Waals surface area contributed by atoms with Gasteiger partial charge in [0, 0.05) is 5.56 Å². The normalized spacial score (nSPS) is 11.9. The second-order valence-corrected chi connectivity index (χ2v) is 8.97. The van der Waals surface area contributed by atoms with Gasteiger partial charge >= 0.3 is 6.18 Å². The molecular weight excluding hydrogens is 483 g/mol. The van der Waals surface area contributed by atoms with Crippen molar-refractivity contribution in [1.29, 1.82) is 0 Å². The van der Waals surface area contributed by atoms with Crippen LogP contribution in [0.4, 0.5) is 18.9 Å². The van der Waals surface area contributed by atoms with Crippen molar-refractivity contribution in [2.45, 2.75) is 18.0 Å². The van der Waals surface area contributed by atoms with Gasteiger partial charge in [-0.05, 0) is 37.3 Å². The monoisotopic (exact) mass is 505 g/mol. The highest BCUT2D eigenvalue weighted by Gasteiger charge is 2.32. The minimum Gasteiger partial charge on any atom is -0.492 e. The lowest BCUT2D eigenvalue weighted by Gasteiger charge is -2.25. The number of nitrogens with zero attached hydrogens (tertiary/aromatic N) is 2. The van der Waals surface area contributed by atoms with Gasteiger partial charge in [0.15, 0.2) is 0 Å². The number of amides is 1. The van der Waals surface area contributed by atoms with E-state index in [0.29, 0.717) is 0 Å². The summed E-state index contributed by atoms with van der Waals surface area (Å²) >= 11 is 0. The average molecular weight is 506 g/mol. The molecule has 0 spiro atoms. The summed E-state index contributed by atoms with van der Waals surface area (Å²) in [5.74, 6) is -0.624. The number of hydrogen-bond donors (Lipinski definition) is 1. The Morgan fingerprint density at radius 2 is 1.63 bits per heavy atom.